The van der Waals surface area contributed by atoms with Gasteiger partial charge in [0.2, 0.25) is 5.91 Å². The molecule has 1 aliphatic heterocycles. The molecule has 0 bridgehead atoms. The molecule has 3 heterocycles. The van der Waals surface area contributed by atoms with Crippen LogP contribution in [0.3, 0.4) is 0 Å². The van der Waals surface area contributed by atoms with E-state index >= 15 is 0 Å². The zero-order chi connectivity index (χ0) is 15.9. The molecule has 0 aliphatic carbocycles. The van der Waals surface area contributed by atoms with E-state index in [1.807, 2.05) is 30.1 Å². The van der Waals surface area contributed by atoms with Gasteiger partial charge in [0.05, 0.1) is 11.6 Å². The van der Waals surface area contributed by atoms with Gasteiger partial charge in [-0.25, -0.2) is 4.98 Å². The Morgan fingerprint density at radius 2 is 2.00 bits per heavy atom. The number of pyridine rings is 2. The van der Waals surface area contributed by atoms with Crippen molar-refractivity contribution in [2.24, 2.45) is 0 Å². The molecule has 114 valence electrons. The first-order chi connectivity index (χ1) is 10.4. The van der Waals surface area contributed by atoms with Gasteiger partial charge in [-0.15, -0.1) is 0 Å². The molecule has 0 N–H and O–H groups in total. The van der Waals surface area contributed by atoms with Crippen LogP contribution in [-0.4, -0.2) is 33.4 Å². The Morgan fingerprint density at radius 3 is 2.55 bits per heavy atom. The Labute approximate surface area is 135 Å². The van der Waals surface area contributed by atoms with E-state index in [4.69, 9.17) is 11.6 Å². The van der Waals surface area contributed by atoms with Crippen molar-refractivity contribution in [1.29, 1.82) is 0 Å². The minimum absolute atomic E-state index is 0.124. The van der Waals surface area contributed by atoms with E-state index in [9.17, 15) is 4.79 Å². The van der Waals surface area contributed by atoms with Gasteiger partial charge in [-0.05, 0) is 44.0 Å². The quantitative estimate of drug-likeness (QED) is 0.797. The molecule has 1 aliphatic rings. The Hall–Kier alpha value is -1.94. The largest absolute Gasteiger partial charge is 0.340 e. The summed E-state index contributed by atoms with van der Waals surface area (Å²) < 4.78 is 0. The van der Waals surface area contributed by atoms with E-state index in [1.165, 1.54) is 0 Å². The maximum absolute atomic E-state index is 12.4. The maximum Gasteiger partial charge on any atom is 0.231 e. The third-order valence-electron chi connectivity index (χ3n) is 4.44. The van der Waals surface area contributed by atoms with Crippen LogP contribution in [0.4, 0.5) is 0 Å². The van der Waals surface area contributed by atoms with Crippen LogP contribution in [0.25, 0.3) is 11.1 Å². The fraction of sp³-hybridized carbons (Fsp3) is 0.353. The Morgan fingerprint density at radius 1 is 1.23 bits per heavy atom. The van der Waals surface area contributed by atoms with E-state index < -0.39 is 0 Å². The van der Waals surface area contributed by atoms with Crippen LogP contribution in [-0.2, 0) is 4.79 Å². The van der Waals surface area contributed by atoms with E-state index in [2.05, 4.69) is 23.8 Å². The van der Waals surface area contributed by atoms with Gasteiger partial charge in [-0.2, -0.15) is 0 Å². The SMILES string of the molecule is CN1C(=O)[C@H](c2ccc(-c3ccnc(Cl)c3)cn2)CC1(C)C. The van der Waals surface area contributed by atoms with Crippen molar-refractivity contribution in [2.75, 3.05) is 7.05 Å². The zero-order valence-corrected chi connectivity index (χ0v) is 13.6. The lowest BCUT2D eigenvalue weighted by Crippen LogP contribution is -2.37. The van der Waals surface area contributed by atoms with Gasteiger partial charge >= 0.3 is 0 Å². The van der Waals surface area contributed by atoms with Gasteiger partial charge in [-0.1, -0.05) is 17.7 Å². The van der Waals surface area contributed by atoms with E-state index in [0.717, 1.165) is 23.2 Å². The number of halogens is 1. The summed E-state index contributed by atoms with van der Waals surface area (Å²) in [4.78, 5) is 22.7. The van der Waals surface area contributed by atoms with E-state index in [1.54, 1.807) is 18.5 Å². The van der Waals surface area contributed by atoms with Gasteiger partial charge in [0.1, 0.15) is 5.15 Å². The summed E-state index contributed by atoms with van der Waals surface area (Å²) in [7, 11) is 1.86. The van der Waals surface area contributed by atoms with Crippen LogP contribution >= 0.6 is 11.6 Å². The maximum atomic E-state index is 12.4. The summed E-state index contributed by atoms with van der Waals surface area (Å²) in [6.45, 7) is 4.16. The molecule has 0 spiro atoms. The van der Waals surface area contributed by atoms with Gasteiger partial charge in [0.25, 0.3) is 0 Å². The lowest BCUT2D eigenvalue weighted by Gasteiger charge is -2.26. The molecule has 0 aromatic carbocycles. The van der Waals surface area contributed by atoms with Crippen molar-refractivity contribution in [2.45, 2.75) is 31.7 Å². The molecule has 22 heavy (non-hydrogen) atoms. The molecule has 0 saturated carbocycles. The summed E-state index contributed by atoms with van der Waals surface area (Å²) in [6, 6.07) is 7.60. The van der Waals surface area contributed by atoms with Crippen molar-refractivity contribution in [3.05, 3.63) is 47.5 Å². The van der Waals surface area contributed by atoms with Gasteiger partial charge in [-0.3, -0.25) is 9.78 Å². The van der Waals surface area contributed by atoms with Gasteiger partial charge in [0.15, 0.2) is 0 Å². The standard InChI is InChI=1S/C17H18ClN3O/c1-17(2)9-13(16(22)21(17)3)14-5-4-12(10-20-14)11-6-7-19-15(18)8-11/h4-8,10,13H,9H2,1-3H3/t13-/m0/s1. The van der Waals surface area contributed by atoms with Crippen LogP contribution in [0.15, 0.2) is 36.7 Å². The first-order valence-corrected chi connectivity index (χ1v) is 7.62. The summed E-state index contributed by atoms with van der Waals surface area (Å²) in [5, 5.41) is 0.455. The van der Waals surface area contributed by atoms with Crippen LogP contribution < -0.4 is 0 Å². The Bertz CT molecular complexity index is 712. The van der Waals surface area contributed by atoms with Crippen molar-refractivity contribution in [3.63, 3.8) is 0 Å². The molecule has 0 unspecified atom stereocenters. The average Bonchev–Trinajstić information content (AvgIpc) is 2.71. The Kier molecular flexibility index (Phi) is 3.65. The lowest BCUT2D eigenvalue weighted by molar-refractivity contribution is -0.130. The smallest absolute Gasteiger partial charge is 0.231 e. The van der Waals surface area contributed by atoms with Crippen molar-refractivity contribution in [1.82, 2.24) is 14.9 Å². The highest BCUT2D eigenvalue weighted by molar-refractivity contribution is 6.29. The predicted molar refractivity (Wildman–Crippen MR) is 86.7 cm³/mol. The number of amides is 1. The number of carbonyl (C=O) groups excluding carboxylic acids is 1. The average molecular weight is 316 g/mol. The van der Waals surface area contributed by atoms with Gasteiger partial charge in [0, 0.05) is 30.5 Å². The number of hydrogen-bond acceptors (Lipinski definition) is 3. The second-order valence-electron chi connectivity index (χ2n) is 6.31. The molecular formula is C17H18ClN3O. The predicted octanol–water partition coefficient (Wildman–Crippen LogP) is 3.52. The number of nitrogens with zero attached hydrogens (tertiary/aromatic N) is 3. The first kappa shape index (κ1) is 15.0. The number of likely N-dealkylation sites (tertiary alicyclic amines) is 1. The van der Waals surface area contributed by atoms with Crippen molar-refractivity contribution in [3.8, 4) is 11.1 Å². The second-order valence-corrected chi connectivity index (χ2v) is 6.69. The summed E-state index contributed by atoms with van der Waals surface area (Å²) >= 11 is 5.91. The molecular weight excluding hydrogens is 298 g/mol. The molecule has 1 saturated heterocycles. The van der Waals surface area contributed by atoms with Crippen LogP contribution in [0.1, 0.15) is 31.9 Å². The van der Waals surface area contributed by atoms with Crippen molar-refractivity contribution < 1.29 is 4.79 Å². The fourth-order valence-electron chi connectivity index (χ4n) is 2.85. The number of hydrogen-bond donors (Lipinski definition) is 0. The molecule has 2 aromatic rings. The highest BCUT2D eigenvalue weighted by atomic mass is 35.5. The number of rotatable bonds is 2. The van der Waals surface area contributed by atoms with Crippen LogP contribution in [0.2, 0.25) is 5.15 Å². The van der Waals surface area contributed by atoms with Gasteiger partial charge < -0.3 is 4.90 Å². The number of aromatic nitrogens is 2. The first-order valence-electron chi connectivity index (χ1n) is 7.24. The molecule has 1 fully saturated rings. The highest BCUT2D eigenvalue weighted by Gasteiger charge is 2.43. The van der Waals surface area contributed by atoms with E-state index in [0.29, 0.717) is 5.15 Å². The fourth-order valence-corrected chi connectivity index (χ4v) is 3.03. The third-order valence-corrected chi connectivity index (χ3v) is 4.65. The van der Waals surface area contributed by atoms with Crippen molar-refractivity contribution >= 4 is 17.5 Å². The lowest BCUT2D eigenvalue weighted by atomic mass is 9.93. The summed E-state index contributed by atoms with van der Waals surface area (Å²) in [6.07, 6.45) is 4.25. The van der Waals surface area contributed by atoms with Crippen LogP contribution in [0.5, 0.6) is 0 Å². The molecule has 3 rings (SSSR count). The molecule has 1 amide bonds. The Balaban J connectivity index is 1.88. The summed E-state index contributed by atoms with van der Waals surface area (Å²) in [5.41, 5.74) is 2.63. The molecule has 5 heteroatoms. The molecule has 1 atom stereocenters. The molecule has 4 nitrogen and oxygen atoms in total. The van der Waals surface area contributed by atoms with E-state index in [-0.39, 0.29) is 17.4 Å². The number of carbonyl (C=O) groups is 1. The van der Waals surface area contributed by atoms with Crippen LogP contribution in [0, 0.1) is 0 Å². The minimum Gasteiger partial charge on any atom is -0.340 e. The monoisotopic (exact) mass is 315 g/mol. The summed E-state index contributed by atoms with van der Waals surface area (Å²) in [5.74, 6) is -0.0210. The normalized spacial score (nSPS) is 20.5. The molecule has 2 aromatic heterocycles. The zero-order valence-electron chi connectivity index (χ0n) is 12.9. The topological polar surface area (TPSA) is 46.1 Å². The molecule has 0 radical (unpaired) electrons. The second kappa shape index (κ2) is 5.36. The highest BCUT2D eigenvalue weighted by Crippen LogP contribution is 2.38. The minimum atomic E-state index is -0.157. The number of likely N-dealkylation sites (N-methyl/N-ethyl adjacent to an activating group) is 1. The third kappa shape index (κ3) is 2.59.